The second-order valence-electron chi connectivity index (χ2n) is 4.86. The lowest BCUT2D eigenvalue weighted by Gasteiger charge is -2.14. The maximum atomic E-state index is 13.1. The number of aliphatic imine (C=N–C) groups is 1. The van der Waals surface area contributed by atoms with E-state index in [1.165, 1.54) is 7.11 Å². The number of rotatable bonds is 2. The molecule has 0 radical (unpaired) electrons. The van der Waals surface area contributed by atoms with E-state index in [9.17, 15) is 13.2 Å². The molecule has 0 fully saturated rings. The monoisotopic (exact) mass is 307 g/mol. The van der Waals surface area contributed by atoms with E-state index < -0.39 is 11.7 Å². The molecule has 1 aliphatic rings. The van der Waals surface area contributed by atoms with Crippen LogP contribution in [-0.2, 0) is 12.7 Å². The fourth-order valence-electron chi connectivity index (χ4n) is 2.37. The molecule has 2 aromatic rings. The fourth-order valence-corrected chi connectivity index (χ4v) is 2.37. The summed E-state index contributed by atoms with van der Waals surface area (Å²) in [6, 6.07) is 5.27. The molecule has 1 aromatic heterocycles. The standard InChI is InChI=1S/C15H12F3N3O/c1-22-13-3-2-12(19)14(21-13)10-5-9(15(16,17)18)4-8-6-20-7-11(8)10/h2-5,7H,6,19H2,1H3. The Bertz CT molecular complexity index is 769. The summed E-state index contributed by atoms with van der Waals surface area (Å²) in [4.78, 5) is 8.23. The Balaban J connectivity index is 2.26. The van der Waals surface area contributed by atoms with Gasteiger partial charge in [-0.2, -0.15) is 13.2 Å². The van der Waals surface area contributed by atoms with Crippen molar-refractivity contribution in [3.8, 4) is 17.1 Å². The molecule has 114 valence electrons. The highest BCUT2D eigenvalue weighted by Crippen LogP contribution is 2.38. The summed E-state index contributed by atoms with van der Waals surface area (Å²) in [5.41, 5.74) is 7.11. The highest BCUT2D eigenvalue weighted by Gasteiger charge is 2.33. The summed E-state index contributed by atoms with van der Waals surface area (Å²) in [7, 11) is 1.43. The number of pyridine rings is 1. The highest BCUT2D eigenvalue weighted by atomic mass is 19.4. The zero-order valence-corrected chi connectivity index (χ0v) is 11.6. The Kier molecular flexibility index (Phi) is 3.27. The van der Waals surface area contributed by atoms with Gasteiger partial charge in [0.2, 0.25) is 5.88 Å². The second kappa shape index (κ2) is 5.01. The lowest BCUT2D eigenvalue weighted by Crippen LogP contribution is -2.08. The van der Waals surface area contributed by atoms with Gasteiger partial charge >= 0.3 is 6.18 Å². The van der Waals surface area contributed by atoms with Crippen LogP contribution in [0.2, 0.25) is 0 Å². The number of fused-ring (bicyclic) bond motifs is 1. The summed E-state index contributed by atoms with van der Waals surface area (Å²) in [6.45, 7) is 0.218. The van der Waals surface area contributed by atoms with E-state index in [0.29, 0.717) is 16.7 Å². The van der Waals surface area contributed by atoms with Crippen molar-refractivity contribution in [2.45, 2.75) is 12.7 Å². The minimum atomic E-state index is -4.44. The average Bonchev–Trinajstić information content (AvgIpc) is 2.94. The van der Waals surface area contributed by atoms with Gasteiger partial charge in [0.25, 0.3) is 0 Å². The minimum absolute atomic E-state index is 0.218. The third kappa shape index (κ3) is 2.38. The number of nitrogens with two attached hydrogens (primary N) is 1. The molecule has 0 saturated heterocycles. The first-order valence-electron chi connectivity index (χ1n) is 6.45. The van der Waals surface area contributed by atoms with Crippen molar-refractivity contribution < 1.29 is 17.9 Å². The Morgan fingerprint density at radius 1 is 1.23 bits per heavy atom. The van der Waals surface area contributed by atoms with Crippen LogP contribution in [0.3, 0.4) is 0 Å². The van der Waals surface area contributed by atoms with Gasteiger partial charge in [0, 0.05) is 23.4 Å². The third-order valence-electron chi connectivity index (χ3n) is 3.44. The van der Waals surface area contributed by atoms with E-state index in [1.54, 1.807) is 18.3 Å². The van der Waals surface area contributed by atoms with Crippen molar-refractivity contribution in [2.24, 2.45) is 4.99 Å². The van der Waals surface area contributed by atoms with Crippen molar-refractivity contribution >= 4 is 11.9 Å². The van der Waals surface area contributed by atoms with Crippen LogP contribution in [0.1, 0.15) is 16.7 Å². The summed E-state index contributed by atoms with van der Waals surface area (Å²) in [5.74, 6) is 0.283. The van der Waals surface area contributed by atoms with Crippen molar-refractivity contribution in [1.29, 1.82) is 0 Å². The zero-order valence-electron chi connectivity index (χ0n) is 11.6. The number of hydrogen-bond donors (Lipinski definition) is 1. The molecular weight excluding hydrogens is 295 g/mol. The van der Waals surface area contributed by atoms with Crippen molar-refractivity contribution in [3.63, 3.8) is 0 Å². The van der Waals surface area contributed by atoms with Crippen LogP contribution in [0, 0.1) is 0 Å². The first-order chi connectivity index (χ1) is 10.4. The second-order valence-corrected chi connectivity index (χ2v) is 4.86. The van der Waals surface area contributed by atoms with Crippen LogP contribution >= 0.6 is 0 Å². The lowest BCUT2D eigenvalue weighted by molar-refractivity contribution is -0.137. The van der Waals surface area contributed by atoms with Gasteiger partial charge in [0.1, 0.15) is 0 Å². The number of ether oxygens (including phenoxy) is 1. The molecule has 7 heteroatoms. The number of alkyl halides is 3. The van der Waals surface area contributed by atoms with Crippen LogP contribution in [0.25, 0.3) is 11.3 Å². The Labute approximate surface area is 124 Å². The number of methoxy groups -OCH3 is 1. The topological polar surface area (TPSA) is 60.5 Å². The van der Waals surface area contributed by atoms with Gasteiger partial charge in [-0.05, 0) is 23.8 Å². The number of nitrogen functional groups attached to an aromatic ring is 1. The Hall–Kier alpha value is -2.57. The molecule has 0 saturated carbocycles. The molecule has 2 N–H and O–H groups in total. The number of anilines is 1. The molecule has 0 unspecified atom stereocenters. The predicted octanol–water partition coefficient (Wildman–Crippen LogP) is 3.29. The molecule has 1 aliphatic heterocycles. The third-order valence-corrected chi connectivity index (χ3v) is 3.44. The Morgan fingerprint density at radius 2 is 2.00 bits per heavy atom. The number of benzene rings is 1. The van der Waals surface area contributed by atoms with Gasteiger partial charge in [-0.3, -0.25) is 4.99 Å². The first-order valence-corrected chi connectivity index (χ1v) is 6.45. The van der Waals surface area contributed by atoms with Gasteiger partial charge in [-0.1, -0.05) is 0 Å². The molecule has 0 amide bonds. The fraction of sp³-hybridized carbons (Fsp3) is 0.200. The summed E-state index contributed by atoms with van der Waals surface area (Å²) in [6.07, 6.45) is -2.90. The van der Waals surface area contributed by atoms with E-state index in [2.05, 4.69) is 9.98 Å². The zero-order chi connectivity index (χ0) is 15.9. The molecule has 1 aromatic carbocycles. The van der Waals surface area contributed by atoms with Crippen molar-refractivity contribution in [3.05, 3.63) is 41.0 Å². The number of nitrogens with zero attached hydrogens (tertiary/aromatic N) is 2. The summed E-state index contributed by atoms with van der Waals surface area (Å²) >= 11 is 0. The Morgan fingerprint density at radius 3 is 2.68 bits per heavy atom. The molecule has 22 heavy (non-hydrogen) atoms. The van der Waals surface area contributed by atoms with Crippen LogP contribution in [-0.4, -0.2) is 18.3 Å². The summed E-state index contributed by atoms with van der Waals surface area (Å²) in [5, 5.41) is 0. The van der Waals surface area contributed by atoms with E-state index in [1.807, 2.05) is 0 Å². The van der Waals surface area contributed by atoms with Gasteiger partial charge in [0.15, 0.2) is 0 Å². The number of hydrogen-bond acceptors (Lipinski definition) is 4. The van der Waals surface area contributed by atoms with Crippen LogP contribution < -0.4 is 10.5 Å². The quantitative estimate of drug-likeness (QED) is 0.926. The maximum absolute atomic E-state index is 13.1. The largest absolute Gasteiger partial charge is 0.481 e. The first kappa shape index (κ1) is 14.4. The normalized spacial score (nSPS) is 13.3. The van der Waals surface area contributed by atoms with Gasteiger partial charge in [-0.15, -0.1) is 0 Å². The lowest BCUT2D eigenvalue weighted by atomic mass is 9.96. The highest BCUT2D eigenvalue weighted by molar-refractivity contribution is 5.95. The molecule has 0 atom stereocenters. The van der Waals surface area contributed by atoms with Crippen LogP contribution in [0.5, 0.6) is 5.88 Å². The van der Waals surface area contributed by atoms with E-state index in [4.69, 9.17) is 10.5 Å². The van der Waals surface area contributed by atoms with Gasteiger partial charge in [0.05, 0.1) is 30.6 Å². The number of halogens is 3. The van der Waals surface area contributed by atoms with Crippen molar-refractivity contribution in [2.75, 3.05) is 12.8 Å². The molecule has 0 spiro atoms. The SMILES string of the molecule is COc1ccc(N)c(-c2cc(C(F)(F)F)cc3c2C=NC3)n1. The average molecular weight is 307 g/mol. The molecule has 0 aliphatic carbocycles. The molecule has 4 nitrogen and oxygen atoms in total. The van der Waals surface area contributed by atoms with Gasteiger partial charge in [-0.25, -0.2) is 4.98 Å². The van der Waals surface area contributed by atoms with E-state index >= 15 is 0 Å². The van der Waals surface area contributed by atoms with E-state index in [-0.39, 0.29) is 23.8 Å². The van der Waals surface area contributed by atoms with E-state index in [0.717, 1.165) is 12.1 Å². The van der Waals surface area contributed by atoms with Crippen molar-refractivity contribution in [1.82, 2.24) is 4.98 Å². The molecule has 2 heterocycles. The summed E-state index contributed by atoms with van der Waals surface area (Å²) < 4.78 is 44.3. The predicted molar refractivity (Wildman–Crippen MR) is 76.9 cm³/mol. The maximum Gasteiger partial charge on any atom is 0.416 e. The van der Waals surface area contributed by atoms with Crippen LogP contribution in [0.15, 0.2) is 29.3 Å². The smallest absolute Gasteiger partial charge is 0.416 e. The molecular formula is C15H12F3N3O. The number of aromatic nitrogens is 1. The minimum Gasteiger partial charge on any atom is -0.481 e. The molecule has 0 bridgehead atoms. The molecule has 3 rings (SSSR count). The van der Waals surface area contributed by atoms with Gasteiger partial charge < -0.3 is 10.5 Å². The van der Waals surface area contributed by atoms with Crippen LogP contribution in [0.4, 0.5) is 18.9 Å².